The second-order valence-corrected chi connectivity index (χ2v) is 5.64. The molecule has 0 saturated heterocycles. The van der Waals surface area contributed by atoms with E-state index in [4.69, 9.17) is 0 Å². The Morgan fingerprint density at radius 3 is 2.36 bits per heavy atom. The van der Waals surface area contributed by atoms with Crippen LogP contribution in [0.15, 0.2) is 58.6 Å². The lowest BCUT2D eigenvalue weighted by Gasteiger charge is -2.05. The standard InChI is InChI=1S/C18H15BrN2O/c1-2-13-5-9-17(10-6-13)21-18(22)15(12-20)11-14-3-7-16(19)8-4-14/h3-11H,2H2,1H3,(H,21,22). The number of aryl methyl sites for hydroxylation is 1. The minimum absolute atomic E-state index is 0.0712. The van der Waals surface area contributed by atoms with Crippen LogP contribution in [0.2, 0.25) is 0 Å². The number of rotatable bonds is 4. The Labute approximate surface area is 138 Å². The minimum atomic E-state index is -0.408. The van der Waals surface area contributed by atoms with Crippen LogP contribution in [0.5, 0.6) is 0 Å². The molecule has 0 fully saturated rings. The highest BCUT2D eigenvalue weighted by atomic mass is 79.9. The molecule has 4 heteroatoms. The summed E-state index contributed by atoms with van der Waals surface area (Å²) in [6.07, 6.45) is 2.52. The Balaban J connectivity index is 2.14. The molecule has 0 spiro atoms. The van der Waals surface area contributed by atoms with Gasteiger partial charge in [0.05, 0.1) is 0 Å². The predicted octanol–water partition coefficient (Wildman–Crippen LogP) is 4.56. The fourth-order valence-electron chi connectivity index (χ4n) is 1.90. The van der Waals surface area contributed by atoms with E-state index in [2.05, 4.69) is 28.2 Å². The van der Waals surface area contributed by atoms with Crippen molar-refractivity contribution in [1.29, 1.82) is 5.26 Å². The zero-order valence-electron chi connectivity index (χ0n) is 12.1. The average molecular weight is 355 g/mol. The smallest absolute Gasteiger partial charge is 0.266 e. The number of amides is 1. The van der Waals surface area contributed by atoms with E-state index in [9.17, 15) is 10.1 Å². The number of halogens is 1. The lowest BCUT2D eigenvalue weighted by atomic mass is 10.1. The maximum absolute atomic E-state index is 12.2. The highest BCUT2D eigenvalue weighted by molar-refractivity contribution is 9.10. The summed E-state index contributed by atoms with van der Waals surface area (Å²) in [5, 5.41) is 11.9. The molecule has 0 unspecified atom stereocenters. The molecule has 0 saturated carbocycles. The fraction of sp³-hybridized carbons (Fsp3) is 0.111. The van der Waals surface area contributed by atoms with Gasteiger partial charge in [0.1, 0.15) is 11.6 Å². The Bertz CT molecular complexity index is 725. The molecule has 2 rings (SSSR count). The molecule has 1 N–H and O–H groups in total. The zero-order chi connectivity index (χ0) is 15.9. The van der Waals surface area contributed by atoms with Crippen molar-refractivity contribution in [3.63, 3.8) is 0 Å². The van der Waals surface area contributed by atoms with Crippen molar-refractivity contribution in [2.24, 2.45) is 0 Å². The second kappa shape index (κ2) is 7.58. The topological polar surface area (TPSA) is 52.9 Å². The first-order valence-electron chi connectivity index (χ1n) is 6.90. The highest BCUT2D eigenvalue weighted by Gasteiger charge is 2.09. The SMILES string of the molecule is CCc1ccc(NC(=O)C(C#N)=Cc2ccc(Br)cc2)cc1. The van der Waals surface area contributed by atoms with Gasteiger partial charge in [0.15, 0.2) is 0 Å². The number of nitriles is 1. The Hall–Kier alpha value is -2.38. The van der Waals surface area contributed by atoms with Crippen LogP contribution in [0.25, 0.3) is 6.08 Å². The first-order valence-corrected chi connectivity index (χ1v) is 7.69. The molecule has 0 heterocycles. The van der Waals surface area contributed by atoms with Crippen LogP contribution in [0.3, 0.4) is 0 Å². The summed E-state index contributed by atoms with van der Waals surface area (Å²) in [6.45, 7) is 2.07. The number of anilines is 1. The summed E-state index contributed by atoms with van der Waals surface area (Å²) in [4.78, 5) is 12.2. The normalized spacial score (nSPS) is 10.9. The van der Waals surface area contributed by atoms with Crippen molar-refractivity contribution >= 4 is 33.6 Å². The number of hydrogen-bond acceptors (Lipinski definition) is 2. The Morgan fingerprint density at radius 1 is 1.18 bits per heavy atom. The number of carbonyl (C=O) groups excluding carboxylic acids is 1. The van der Waals surface area contributed by atoms with E-state index in [0.29, 0.717) is 5.69 Å². The third-order valence-corrected chi connectivity index (χ3v) is 3.69. The van der Waals surface area contributed by atoms with Crippen molar-refractivity contribution in [2.45, 2.75) is 13.3 Å². The Kier molecular flexibility index (Phi) is 5.51. The van der Waals surface area contributed by atoms with Crippen LogP contribution in [0, 0.1) is 11.3 Å². The van der Waals surface area contributed by atoms with Gasteiger partial charge in [-0.3, -0.25) is 4.79 Å². The molecule has 0 aromatic heterocycles. The molecule has 0 aliphatic heterocycles. The number of benzene rings is 2. The van der Waals surface area contributed by atoms with Gasteiger partial charge in [-0.25, -0.2) is 0 Å². The monoisotopic (exact) mass is 354 g/mol. The van der Waals surface area contributed by atoms with E-state index >= 15 is 0 Å². The second-order valence-electron chi connectivity index (χ2n) is 4.73. The van der Waals surface area contributed by atoms with E-state index in [1.165, 1.54) is 5.56 Å². The first-order chi connectivity index (χ1) is 10.6. The van der Waals surface area contributed by atoms with E-state index in [-0.39, 0.29) is 5.57 Å². The maximum Gasteiger partial charge on any atom is 0.266 e. The highest BCUT2D eigenvalue weighted by Crippen LogP contribution is 2.15. The zero-order valence-corrected chi connectivity index (χ0v) is 13.7. The summed E-state index contributed by atoms with van der Waals surface area (Å²) < 4.78 is 0.948. The van der Waals surface area contributed by atoms with Gasteiger partial charge in [-0.05, 0) is 47.9 Å². The Morgan fingerprint density at radius 2 is 1.82 bits per heavy atom. The summed E-state index contributed by atoms with van der Waals surface area (Å²) >= 11 is 3.35. The van der Waals surface area contributed by atoms with Crippen LogP contribution in [-0.4, -0.2) is 5.91 Å². The van der Waals surface area contributed by atoms with E-state index in [1.54, 1.807) is 6.08 Å². The molecule has 3 nitrogen and oxygen atoms in total. The number of carbonyl (C=O) groups is 1. The molecule has 1 amide bonds. The number of nitrogens with one attached hydrogen (secondary N) is 1. The van der Waals surface area contributed by atoms with E-state index < -0.39 is 5.91 Å². The van der Waals surface area contributed by atoms with Crippen molar-refractivity contribution in [3.05, 3.63) is 69.7 Å². The van der Waals surface area contributed by atoms with Gasteiger partial charge in [-0.15, -0.1) is 0 Å². The quantitative estimate of drug-likeness (QED) is 0.646. The van der Waals surface area contributed by atoms with Gasteiger partial charge in [0.2, 0.25) is 0 Å². The van der Waals surface area contributed by atoms with Gasteiger partial charge in [-0.1, -0.05) is 47.1 Å². The minimum Gasteiger partial charge on any atom is -0.321 e. The van der Waals surface area contributed by atoms with Crippen LogP contribution in [0.1, 0.15) is 18.1 Å². The van der Waals surface area contributed by atoms with Gasteiger partial charge in [0.25, 0.3) is 5.91 Å². The van der Waals surface area contributed by atoms with Crippen molar-refractivity contribution in [3.8, 4) is 6.07 Å². The third-order valence-electron chi connectivity index (χ3n) is 3.17. The van der Waals surface area contributed by atoms with Crippen LogP contribution >= 0.6 is 15.9 Å². The van der Waals surface area contributed by atoms with Gasteiger partial charge >= 0.3 is 0 Å². The summed E-state index contributed by atoms with van der Waals surface area (Å²) in [5.41, 5.74) is 2.75. The fourth-order valence-corrected chi connectivity index (χ4v) is 2.16. The molecule has 0 aliphatic carbocycles. The maximum atomic E-state index is 12.2. The first kappa shape index (κ1) is 16.0. The summed E-state index contributed by atoms with van der Waals surface area (Å²) in [7, 11) is 0. The lowest BCUT2D eigenvalue weighted by Crippen LogP contribution is -2.13. The van der Waals surface area contributed by atoms with Crippen molar-refractivity contribution in [2.75, 3.05) is 5.32 Å². The molecule has 110 valence electrons. The average Bonchev–Trinajstić information content (AvgIpc) is 2.55. The van der Waals surface area contributed by atoms with E-state index in [1.807, 2.05) is 54.6 Å². The van der Waals surface area contributed by atoms with Crippen LogP contribution in [-0.2, 0) is 11.2 Å². The molecule has 0 aliphatic rings. The van der Waals surface area contributed by atoms with E-state index in [0.717, 1.165) is 16.5 Å². The summed E-state index contributed by atoms with van der Waals surface area (Å²) in [5.74, 6) is -0.408. The van der Waals surface area contributed by atoms with Crippen molar-refractivity contribution in [1.82, 2.24) is 0 Å². The molecular formula is C18H15BrN2O. The van der Waals surface area contributed by atoms with Crippen molar-refractivity contribution < 1.29 is 4.79 Å². The van der Waals surface area contributed by atoms with Gasteiger partial charge in [0, 0.05) is 10.2 Å². The molecule has 22 heavy (non-hydrogen) atoms. The molecule has 0 atom stereocenters. The molecule has 2 aromatic rings. The molecule has 0 bridgehead atoms. The van der Waals surface area contributed by atoms with Gasteiger partial charge in [-0.2, -0.15) is 5.26 Å². The summed E-state index contributed by atoms with van der Waals surface area (Å²) in [6, 6.07) is 16.9. The van der Waals surface area contributed by atoms with Gasteiger partial charge < -0.3 is 5.32 Å². The lowest BCUT2D eigenvalue weighted by molar-refractivity contribution is -0.112. The van der Waals surface area contributed by atoms with Crippen LogP contribution in [0.4, 0.5) is 5.69 Å². The molecular weight excluding hydrogens is 340 g/mol. The number of nitrogens with zero attached hydrogens (tertiary/aromatic N) is 1. The molecule has 2 aromatic carbocycles. The third kappa shape index (κ3) is 4.31. The predicted molar refractivity (Wildman–Crippen MR) is 92.2 cm³/mol. The number of hydrogen-bond donors (Lipinski definition) is 1. The van der Waals surface area contributed by atoms with Crippen LogP contribution < -0.4 is 5.32 Å². The molecule has 0 radical (unpaired) electrons. The largest absolute Gasteiger partial charge is 0.321 e.